The maximum atomic E-state index is 15.5. The molecule has 0 saturated heterocycles. The Labute approximate surface area is 227 Å². The van der Waals surface area contributed by atoms with E-state index in [4.69, 9.17) is 12.0 Å². The highest BCUT2D eigenvalue weighted by atomic mass is 127. The molecule has 4 unspecified atom stereocenters. The summed E-state index contributed by atoms with van der Waals surface area (Å²) in [6, 6.07) is 15.8. The fourth-order valence-electron chi connectivity index (χ4n) is 5.00. The summed E-state index contributed by atoms with van der Waals surface area (Å²) in [4.78, 5) is 12.1. The van der Waals surface area contributed by atoms with E-state index in [1.54, 1.807) is 57.2 Å². The molecule has 38 heavy (non-hydrogen) atoms. The van der Waals surface area contributed by atoms with Crippen LogP contribution in [0, 0.1) is 24.9 Å². The first-order valence-electron chi connectivity index (χ1n) is 12.0. The van der Waals surface area contributed by atoms with E-state index in [9.17, 15) is 13.2 Å². The first-order valence-corrected chi connectivity index (χ1v) is 16.5. The molecule has 2 aliphatic carbocycles. The molecule has 4 atom stereocenters. The highest BCUT2D eigenvalue weighted by Crippen LogP contribution is 2.59. The van der Waals surface area contributed by atoms with Gasteiger partial charge in [0.1, 0.15) is 11.7 Å². The third-order valence-electron chi connectivity index (χ3n) is 6.57. The molecule has 2 aromatic rings. The molecule has 0 aromatic heterocycles. The number of carbonyl (C=O) groups excluding carboxylic acids is 1. The average molecular weight is 672 g/mol. The summed E-state index contributed by atoms with van der Waals surface area (Å²) in [6.45, 7) is 4.79. The van der Waals surface area contributed by atoms with Crippen molar-refractivity contribution in [3.8, 4) is 0 Å². The molecule has 2 aromatic carbocycles. The van der Waals surface area contributed by atoms with Crippen molar-refractivity contribution in [1.29, 1.82) is 0 Å². The van der Waals surface area contributed by atoms with E-state index in [1.807, 2.05) is 0 Å². The van der Waals surface area contributed by atoms with Crippen LogP contribution in [0.25, 0.3) is 0 Å². The number of hydrogen-bond donors (Lipinski definition) is 0. The summed E-state index contributed by atoms with van der Waals surface area (Å²) in [7, 11) is -6.08. The summed E-state index contributed by atoms with van der Waals surface area (Å²) in [5, 5.41) is -5.51. The number of alkyl halides is 4. The molecule has 0 heterocycles. The van der Waals surface area contributed by atoms with Gasteiger partial charge in [-0.15, -0.1) is 0 Å². The lowest BCUT2D eigenvalue weighted by Gasteiger charge is -2.36. The molecule has 4 rings (SSSR count). The summed E-state index contributed by atoms with van der Waals surface area (Å²) in [5.41, 5.74) is -0.894. The zero-order chi connectivity index (χ0) is 27.9. The Balaban J connectivity index is 1.58. The highest BCUT2D eigenvalue weighted by Gasteiger charge is 2.75. The number of benzene rings is 2. The number of fused-ring (bicyclic) bond motifs is 2. The lowest BCUT2D eigenvalue weighted by Crippen LogP contribution is -3.85. The lowest BCUT2D eigenvalue weighted by molar-refractivity contribution is -1.03. The minimum atomic E-state index is -6.08. The van der Waals surface area contributed by atoms with E-state index in [1.165, 1.54) is 24.3 Å². The van der Waals surface area contributed by atoms with E-state index in [2.05, 4.69) is 0 Å². The third kappa shape index (κ3) is 5.81. The minimum absolute atomic E-state index is 0.122. The van der Waals surface area contributed by atoms with E-state index in [0.717, 1.165) is 0 Å². The monoisotopic (exact) mass is 672 g/mol. The Morgan fingerprint density at radius 2 is 1.39 bits per heavy atom. The Morgan fingerprint density at radius 1 is 0.868 bits per heavy atom. The number of rotatable bonds is 8. The Kier molecular flexibility index (Phi) is 8.08. The maximum Gasteiger partial charge on any atom is 0.509 e. The maximum absolute atomic E-state index is 15.5. The van der Waals surface area contributed by atoms with Crippen LogP contribution in [0.4, 0.5) is 22.4 Å². The fraction of sp³-hybridized carbons (Fsp3) is 0.500. The molecule has 2 saturated carbocycles. The van der Waals surface area contributed by atoms with Crippen molar-refractivity contribution in [2.24, 2.45) is 17.8 Å². The number of carbonyl (C=O) groups is 1. The van der Waals surface area contributed by atoms with Crippen molar-refractivity contribution in [2.45, 2.75) is 62.9 Å². The molecule has 0 N–H and O–H groups in total. The van der Waals surface area contributed by atoms with Gasteiger partial charge >= 0.3 is 47.7 Å². The van der Waals surface area contributed by atoms with Crippen LogP contribution in [0.1, 0.15) is 40.0 Å². The summed E-state index contributed by atoms with van der Waals surface area (Å²) in [5.74, 6) is -8.52. The van der Waals surface area contributed by atoms with Gasteiger partial charge in [0.2, 0.25) is 0 Å². The predicted octanol–water partition coefficient (Wildman–Crippen LogP) is 3.21. The third-order valence-corrected chi connectivity index (χ3v) is 14.0. The standard InChI is InChI=1S/C26H29F4IO6S/c1-24(2,3)36-23(32)35-22-16-17-14-20(22)21(15-17)25(27,28)26(29,30)38(33,34)37-31(18-10-6-4-7-11-18)19-12-8-5-9-13-19/h4-13,17,20-22H,14-16H2,1-3H3/q+1. The minimum Gasteiger partial charge on any atom is -0.431 e. The van der Waals surface area contributed by atoms with Crippen LogP contribution < -0.4 is 20.2 Å². The smallest absolute Gasteiger partial charge is 0.431 e. The molecule has 0 aliphatic heterocycles. The molecular weight excluding hydrogens is 643 g/mol. The van der Waals surface area contributed by atoms with Gasteiger partial charge in [-0.05, 0) is 72.7 Å². The Morgan fingerprint density at radius 3 is 1.87 bits per heavy atom. The molecule has 0 amide bonds. The van der Waals surface area contributed by atoms with Crippen molar-refractivity contribution < 1.29 is 63.0 Å². The van der Waals surface area contributed by atoms with Crippen molar-refractivity contribution in [2.75, 3.05) is 0 Å². The van der Waals surface area contributed by atoms with Crippen LogP contribution in [0.5, 0.6) is 0 Å². The van der Waals surface area contributed by atoms with Gasteiger partial charge in [0, 0.05) is 11.8 Å². The molecule has 1 radical (unpaired) electrons. The van der Waals surface area contributed by atoms with Crippen LogP contribution in [-0.4, -0.2) is 37.5 Å². The molecular formula is C26H29F4IO6S+. The second-order valence-corrected chi connectivity index (χ2v) is 17.0. The fourth-order valence-corrected chi connectivity index (χ4v) is 12.1. The van der Waals surface area contributed by atoms with E-state index < -0.39 is 77.1 Å². The highest BCUT2D eigenvalue weighted by molar-refractivity contribution is 7.87. The quantitative estimate of drug-likeness (QED) is 0.244. The van der Waals surface area contributed by atoms with Crippen LogP contribution in [-0.2, 0) is 22.1 Å². The van der Waals surface area contributed by atoms with Gasteiger partial charge in [-0.3, -0.25) is 0 Å². The molecule has 0 spiro atoms. The van der Waals surface area contributed by atoms with Gasteiger partial charge in [-0.2, -0.15) is 26.0 Å². The van der Waals surface area contributed by atoms with Gasteiger partial charge in [0.05, 0.1) is 0 Å². The van der Waals surface area contributed by atoms with Gasteiger partial charge in [-0.25, -0.2) is 4.79 Å². The van der Waals surface area contributed by atoms with Crippen LogP contribution in [0.2, 0.25) is 0 Å². The van der Waals surface area contributed by atoms with Crippen molar-refractivity contribution in [3.63, 3.8) is 0 Å². The van der Waals surface area contributed by atoms with Crippen LogP contribution in [0.15, 0.2) is 60.7 Å². The van der Waals surface area contributed by atoms with E-state index in [-0.39, 0.29) is 19.3 Å². The number of halogens is 5. The largest absolute Gasteiger partial charge is 0.509 e. The number of ether oxygens (including phenoxy) is 2. The summed E-state index contributed by atoms with van der Waals surface area (Å²) >= 11 is -3.56. The first-order chi connectivity index (χ1) is 17.6. The van der Waals surface area contributed by atoms with Crippen molar-refractivity contribution >= 4 is 16.3 Å². The second kappa shape index (κ2) is 10.6. The van der Waals surface area contributed by atoms with Gasteiger partial charge in [-0.1, -0.05) is 36.4 Å². The number of hydrogen-bond acceptors (Lipinski definition) is 6. The van der Waals surface area contributed by atoms with E-state index >= 15 is 17.6 Å². The normalized spacial score (nSPS) is 24.0. The van der Waals surface area contributed by atoms with Crippen LogP contribution >= 0.6 is 0 Å². The molecule has 2 fully saturated rings. The van der Waals surface area contributed by atoms with Crippen molar-refractivity contribution in [1.82, 2.24) is 0 Å². The molecule has 2 aliphatic rings. The summed E-state index contributed by atoms with van der Waals surface area (Å²) in [6.07, 6.45) is -2.12. The molecule has 209 valence electrons. The van der Waals surface area contributed by atoms with Crippen LogP contribution in [0.3, 0.4) is 0 Å². The molecule has 2 bridgehead atoms. The zero-order valence-corrected chi connectivity index (χ0v) is 23.9. The van der Waals surface area contributed by atoms with E-state index in [0.29, 0.717) is 7.14 Å². The Hall–Kier alpha value is -1.93. The zero-order valence-electron chi connectivity index (χ0n) is 21.0. The Bertz CT molecular complexity index is 1200. The van der Waals surface area contributed by atoms with Crippen molar-refractivity contribution in [3.05, 3.63) is 67.8 Å². The van der Waals surface area contributed by atoms with Gasteiger partial charge < -0.3 is 9.47 Å². The molecule has 12 heteroatoms. The second-order valence-electron chi connectivity index (χ2n) is 10.5. The average Bonchev–Trinajstić information content (AvgIpc) is 3.43. The van der Waals surface area contributed by atoms with Gasteiger partial charge in [0.25, 0.3) is 0 Å². The first kappa shape index (κ1) is 29.1. The van der Waals surface area contributed by atoms with Gasteiger partial charge in [0.15, 0.2) is 7.14 Å². The topological polar surface area (TPSA) is 78.9 Å². The summed E-state index contributed by atoms with van der Waals surface area (Å²) < 4.78 is 104. The lowest BCUT2D eigenvalue weighted by atomic mass is 9.82. The molecule has 6 nitrogen and oxygen atoms in total. The predicted molar refractivity (Wildman–Crippen MR) is 126 cm³/mol. The SMILES string of the molecule is CC(C)(C)OC(=O)OC1CC2CC1C(C(F)(F)C(F)(F)S(=O)(=O)O[I+](c1ccccc1)c1ccccc1)C2.